The molecule has 1 atom stereocenters. The fourth-order valence-corrected chi connectivity index (χ4v) is 2.22. The molecule has 21 heavy (non-hydrogen) atoms. The van der Waals surface area contributed by atoms with Crippen LogP contribution in [-0.4, -0.2) is 5.91 Å². The van der Waals surface area contributed by atoms with Crippen molar-refractivity contribution in [2.45, 2.75) is 26.8 Å². The van der Waals surface area contributed by atoms with E-state index in [1.165, 1.54) is 17.7 Å². The Morgan fingerprint density at radius 2 is 1.86 bits per heavy atom. The van der Waals surface area contributed by atoms with Gasteiger partial charge in [0.05, 0.1) is 11.6 Å². The first-order valence-electron chi connectivity index (χ1n) is 6.71. The number of hydrogen-bond acceptors (Lipinski definition) is 1. The Kier molecular flexibility index (Phi) is 4.63. The molecular formula is C17H17ClFNO. The van der Waals surface area contributed by atoms with E-state index in [4.69, 9.17) is 11.6 Å². The minimum absolute atomic E-state index is 0.00455. The van der Waals surface area contributed by atoms with Crippen LogP contribution in [0.2, 0.25) is 5.02 Å². The van der Waals surface area contributed by atoms with Gasteiger partial charge < -0.3 is 5.32 Å². The van der Waals surface area contributed by atoms with Gasteiger partial charge in [-0.2, -0.15) is 0 Å². The normalized spacial score (nSPS) is 12.0. The second kappa shape index (κ2) is 6.27. The summed E-state index contributed by atoms with van der Waals surface area (Å²) in [6.07, 6.45) is 0. The Morgan fingerprint density at radius 3 is 2.48 bits per heavy atom. The topological polar surface area (TPSA) is 29.1 Å². The SMILES string of the molecule is Cc1ccc(C(C)NC(=O)c2ccc(Cl)cc2F)cc1C. The van der Waals surface area contributed by atoms with E-state index in [-0.39, 0.29) is 16.6 Å². The molecule has 0 heterocycles. The number of benzene rings is 2. The third-order valence-electron chi connectivity index (χ3n) is 3.55. The Morgan fingerprint density at radius 1 is 1.14 bits per heavy atom. The molecule has 1 amide bonds. The van der Waals surface area contributed by atoms with Gasteiger partial charge in [-0.05, 0) is 55.7 Å². The van der Waals surface area contributed by atoms with Gasteiger partial charge in [0.15, 0.2) is 0 Å². The molecule has 0 aliphatic carbocycles. The van der Waals surface area contributed by atoms with Crippen LogP contribution < -0.4 is 5.32 Å². The van der Waals surface area contributed by atoms with Crippen LogP contribution in [-0.2, 0) is 0 Å². The maximum absolute atomic E-state index is 13.7. The second-order valence-electron chi connectivity index (χ2n) is 5.16. The van der Waals surface area contributed by atoms with Gasteiger partial charge in [0, 0.05) is 5.02 Å². The molecule has 110 valence electrons. The zero-order chi connectivity index (χ0) is 15.6. The van der Waals surface area contributed by atoms with Crippen LogP contribution >= 0.6 is 11.6 Å². The van der Waals surface area contributed by atoms with Crippen molar-refractivity contribution < 1.29 is 9.18 Å². The summed E-state index contributed by atoms with van der Waals surface area (Å²) in [6, 6.07) is 9.82. The lowest BCUT2D eigenvalue weighted by atomic mass is 10.0. The molecule has 0 saturated heterocycles. The van der Waals surface area contributed by atoms with Crippen molar-refractivity contribution in [3.8, 4) is 0 Å². The van der Waals surface area contributed by atoms with Gasteiger partial charge >= 0.3 is 0 Å². The molecule has 2 rings (SSSR count). The smallest absolute Gasteiger partial charge is 0.254 e. The molecule has 1 N–H and O–H groups in total. The third kappa shape index (κ3) is 3.61. The van der Waals surface area contributed by atoms with Crippen LogP contribution in [0.25, 0.3) is 0 Å². The number of amides is 1. The highest BCUT2D eigenvalue weighted by Crippen LogP contribution is 2.19. The largest absolute Gasteiger partial charge is 0.345 e. The lowest BCUT2D eigenvalue weighted by Crippen LogP contribution is -2.27. The minimum Gasteiger partial charge on any atom is -0.345 e. The van der Waals surface area contributed by atoms with Crippen LogP contribution in [0.3, 0.4) is 0 Å². The van der Waals surface area contributed by atoms with E-state index in [0.717, 1.165) is 17.2 Å². The molecule has 0 aromatic heterocycles. The number of halogens is 2. The zero-order valence-corrected chi connectivity index (χ0v) is 13.0. The number of rotatable bonds is 3. The number of carbonyl (C=O) groups excluding carboxylic acids is 1. The van der Waals surface area contributed by atoms with E-state index in [1.54, 1.807) is 0 Å². The van der Waals surface area contributed by atoms with Crippen molar-refractivity contribution in [3.05, 3.63) is 69.5 Å². The standard InChI is InChI=1S/C17H17ClFNO/c1-10-4-5-13(8-11(10)2)12(3)20-17(21)15-7-6-14(18)9-16(15)19/h4-9,12H,1-3H3,(H,20,21). The van der Waals surface area contributed by atoms with Gasteiger partial charge in [0.25, 0.3) is 5.91 Å². The van der Waals surface area contributed by atoms with E-state index in [1.807, 2.05) is 39.0 Å². The molecule has 2 aromatic carbocycles. The van der Waals surface area contributed by atoms with Crippen molar-refractivity contribution in [1.82, 2.24) is 5.32 Å². The van der Waals surface area contributed by atoms with Crippen molar-refractivity contribution in [3.63, 3.8) is 0 Å². The summed E-state index contributed by atoms with van der Waals surface area (Å²) in [5.41, 5.74) is 3.34. The monoisotopic (exact) mass is 305 g/mol. The zero-order valence-electron chi connectivity index (χ0n) is 12.2. The van der Waals surface area contributed by atoms with E-state index in [9.17, 15) is 9.18 Å². The van der Waals surface area contributed by atoms with Crippen molar-refractivity contribution in [1.29, 1.82) is 0 Å². The van der Waals surface area contributed by atoms with Gasteiger partial charge in [-0.3, -0.25) is 4.79 Å². The first-order valence-corrected chi connectivity index (χ1v) is 7.09. The molecule has 2 aromatic rings. The molecule has 4 heteroatoms. The Hall–Kier alpha value is -1.87. The first-order chi connectivity index (χ1) is 9.88. The number of nitrogens with one attached hydrogen (secondary N) is 1. The summed E-state index contributed by atoms with van der Waals surface area (Å²) in [5.74, 6) is -1.07. The van der Waals surface area contributed by atoms with Gasteiger partial charge in [0.2, 0.25) is 0 Å². The minimum atomic E-state index is -0.618. The number of hydrogen-bond donors (Lipinski definition) is 1. The van der Waals surface area contributed by atoms with Crippen LogP contribution in [0.5, 0.6) is 0 Å². The summed E-state index contributed by atoms with van der Waals surface area (Å²) in [7, 11) is 0. The predicted octanol–water partition coefficient (Wildman–Crippen LogP) is 4.59. The van der Waals surface area contributed by atoms with Crippen LogP contribution in [0, 0.1) is 19.7 Å². The lowest BCUT2D eigenvalue weighted by molar-refractivity contribution is 0.0936. The molecule has 2 nitrogen and oxygen atoms in total. The van der Waals surface area contributed by atoms with Gasteiger partial charge in [-0.15, -0.1) is 0 Å². The molecular weight excluding hydrogens is 289 g/mol. The van der Waals surface area contributed by atoms with Crippen LogP contribution in [0.15, 0.2) is 36.4 Å². The van der Waals surface area contributed by atoms with E-state index in [0.29, 0.717) is 0 Å². The predicted molar refractivity (Wildman–Crippen MR) is 83.2 cm³/mol. The highest BCUT2D eigenvalue weighted by Gasteiger charge is 2.15. The average molecular weight is 306 g/mol. The molecule has 0 bridgehead atoms. The molecule has 0 saturated carbocycles. The molecule has 1 unspecified atom stereocenters. The molecule has 0 aliphatic heterocycles. The number of aryl methyl sites for hydroxylation is 2. The van der Waals surface area contributed by atoms with E-state index < -0.39 is 11.7 Å². The molecule has 0 radical (unpaired) electrons. The highest BCUT2D eigenvalue weighted by atomic mass is 35.5. The maximum atomic E-state index is 13.7. The third-order valence-corrected chi connectivity index (χ3v) is 3.79. The van der Waals surface area contributed by atoms with Crippen LogP contribution in [0.4, 0.5) is 4.39 Å². The second-order valence-corrected chi connectivity index (χ2v) is 5.60. The lowest BCUT2D eigenvalue weighted by Gasteiger charge is -2.16. The number of carbonyl (C=O) groups is 1. The summed E-state index contributed by atoms with van der Waals surface area (Å²) in [4.78, 5) is 12.1. The summed E-state index contributed by atoms with van der Waals surface area (Å²) >= 11 is 5.68. The fraction of sp³-hybridized carbons (Fsp3) is 0.235. The average Bonchev–Trinajstić information content (AvgIpc) is 2.41. The maximum Gasteiger partial charge on any atom is 0.254 e. The highest BCUT2D eigenvalue weighted by molar-refractivity contribution is 6.30. The summed E-state index contributed by atoms with van der Waals surface area (Å²) < 4.78 is 13.7. The van der Waals surface area contributed by atoms with E-state index in [2.05, 4.69) is 5.32 Å². The fourth-order valence-electron chi connectivity index (χ4n) is 2.07. The Balaban J connectivity index is 2.16. The van der Waals surface area contributed by atoms with Gasteiger partial charge in [-0.1, -0.05) is 29.8 Å². The Bertz CT molecular complexity index is 684. The molecule has 0 spiro atoms. The Labute approximate surface area is 128 Å². The molecule has 0 fully saturated rings. The summed E-state index contributed by atoms with van der Waals surface area (Å²) in [6.45, 7) is 5.92. The van der Waals surface area contributed by atoms with E-state index >= 15 is 0 Å². The van der Waals surface area contributed by atoms with Gasteiger partial charge in [-0.25, -0.2) is 4.39 Å². The van der Waals surface area contributed by atoms with Crippen LogP contribution in [0.1, 0.15) is 40.0 Å². The quantitative estimate of drug-likeness (QED) is 0.883. The van der Waals surface area contributed by atoms with Crippen molar-refractivity contribution >= 4 is 17.5 Å². The van der Waals surface area contributed by atoms with Crippen molar-refractivity contribution in [2.24, 2.45) is 0 Å². The first kappa shape index (κ1) is 15.5. The molecule has 0 aliphatic rings. The van der Waals surface area contributed by atoms with Gasteiger partial charge in [0.1, 0.15) is 5.82 Å². The summed E-state index contributed by atoms with van der Waals surface area (Å²) in [5, 5.41) is 3.07. The van der Waals surface area contributed by atoms with Crippen molar-refractivity contribution in [2.75, 3.05) is 0 Å².